The zero-order valence-electron chi connectivity index (χ0n) is 4.48. The molecule has 1 fully saturated rings. The standard InChI is InChI=1S/C4H6F3NS/c5-2-1-9-4(7)3(6)8-2/h2-4,8H,1H2. The van der Waals surface area contributed by atoms with Crippen molar-refractivity contribution in [3.8, 4) is 0 Å². The molecule has 1 heterocycles. The third kappa shape index (κ3) is 1.76. The molecule has 3 unspecified atom stereocenters. The summed E-state index contributed by atoms with van der Waals surface area (Å²) in [5, 5.41) is 1.80. The molecule has 1 aliphatic heterocycles. The van der Waals surface area contributed by atoms with Crippen LogP contribution in [0.5, 0.6) is 0 Å². The van der Waals surface area contributed by atoms with E-state index >= 15 is 0 Å². The Hall–Kier alpha value is 0.1000. The van der Waals surface area contributed by atoms with Gasteiger partial charge in [0.15, 0.2) is 18.1 Å². The first-order valence-corrected chi connectivity index (χ1v) is 3.55. The Morgan fingerprint density at radius 2 is 2.00 bits per heavy atom. The minimum atomic E-state index is -1.85. The summed E-state index contributed by atoms with van der Waals surface area (Å²) < 4.78 is 36.3. The van der Waals surface area contributed by atoms with Crippen LogP contribution in [0.2, 0.25) is 0 Å². The second-order valence-electron chi connectivity index (χ2n) is 1.72. The van der Waals surface area contributed by atoms with Crippen LogP contribution in [-0.2, 0) is 0 Å². The van der Waals surface area contributed by atoms with E-state index in [4.69, 9.17) is 0 Å². The average Bonchev–Trinajstić information content (AvgIpc) is 1.80. The number of hydrogen-bond donors (Lipinski definition) is 1. The van der Waals surface area contributed by atoms with Crippen LogP contribution in [0.3, 0.4) is 0 Å². The second-order valence-corrected chi connectivity index (χ2v) is 2.84. The second kappa shape index (κ2) is 2.79. The van der Waals surface area contributed by atoms with Crippen LogP contribution in [0.1, 0.15) is 0 Å². The van der Waals surface area contributed by atoms with Crippen molar-refractivity contribution >= 4 is 11.8 Å². The van der Waals surface area contributed by atoms with Gasteiger partial charge in [0.2, 0.25) is 0 Å². The first-order chi connectivity index (χ1) is 4.20. The Bertz CT molecular complexity index is 102. The Morgan fingerprint density at radius 1 is 1.33 bits per heavy atom. The van der Waals surface area contributed by atoms with Gasteiger partial charge in [-0.3, -0.25) is 5.32 Å². The predicted octanol–water partition coefficient (Wildman–Crippen LogP) is 1.21. The molecule has 0 radical (unpaired) electrons. The molecule has 1 saturated heterocycles. The van der Waals surface area contributed by atoms with Crippen molar-refractivity contribution in [2.24, 2.45) is 0 Å². The van der Waals surface area contributed by atoms with Gasteiger partial charge in [-0.05, 0) is 0 Å². The molecule has 5 heteroatoms. The third-order valence-corrected chi connectivity index (χ3v) is 2.01. The van der Waals surface area contributed by atoms with Crippen molar-refractivity contribution in [2.45, 2.75) is 18.1 Å². The van der Waals surface area contributed by atoms with Crippen LogP contribution in [0.25, 0.3) is 0 Å². The maximum atomic E-state index is 12.1. The monoisotopic (exact) mass is 157 g/mol. The lowest BCUT2D eigenvalue weighted by Crippen LogP contribution is -2.43. The summed E-state index contributed by atoms with van der Waals surface area (Å²) >= 11 is 0.655. The Balaban J connectivity index is 2.35. The Morgan fingerprint density at radius 3 is 2.44 bits per heavy atom. The number of nitrogens with one attached hydrogen (secondary N) is 1. The molecule has 0 spiro atoms. The van der Waals surface area contributed by atoms with E-state index in [1.165, 1.54) is 0 Å². The fraction of sp³-hybridized carbons (Fsp3) is 1.00. The molecular weight excluding hydrogens is 151 g/mol. The highest BCUT2D eigenvalue weighted by molar-refractivity contribution is 7.99. The van der Waals surface area contributed by atoms with Crippen LogP contribution >= 0.6 is 11.8 Å². The topological polar surface area (TPSA) is 12.0 Å². The van der Waals surface area contributed by atoms with Crippen LogP contribution in [0, 0.1) is 0 Å². The van der Waals surface area contributed by atoms with E-state index in [2.05, 4.69) is 0 Å². The highest BCUT2D eigenvalue weighted by atomic mass is 32.2. The fourth-order valence-corrected chi connectivity index (χ4v) is 1.25. The van der Waals surface area contributed by atoms with Crippen molar-refractivity contribution in [3.63, 3.8) is 0 Å². The normalized spacial score (nSPS) is 45.0. The van der Waals surface area contributed by atoms with E-state index in [0.29, 0.717) is 11.8 Å². The molecule has 1 nitrogen and oxygen atoms in total. The smallest absolute Gasteiger partial charge is 0.194 e. The van der Waals surface area contributed by atoms with Crippen molar-refractivity contribution in [3.05, 3.63) is 0 Å². The summed E-state index contributed by atoms with van der Waals surface area (Å²) in [6.07, 6.45) is -3.25. The Labute approximate surface area is 55.0 Å². The van der Waals surface area contributed by atoms with Crippen molar-refractivity contribution in [1.29, 1.82) is 0 Å². The van der Waals surface area contributed by atoms with Crippen LogP contribution < -0.4 is 5.32 Å². The number of hydrogen-bond acceptors (Lipinski definition) is 2. The molecule has 0 aromatic rings. The van der Waals surface area contributed by atoms with Gasteiger partial charge < -0.3 is 0 Å². The molecule has 1 aliphatic rings. The fourth-order valence-electron chi connectivity index (χ4n) is 0.557. The highest BCUT2D eigenvalue weighted by Crippen LogP contribution is 2.23. The SMILES string of the molecule is FC1CSC(F)C(F)N1. The molecule has 1 rings (SSSR count). The van der Waals surface area contributed by atoms with Gasteiger partial charge in [-0.1, -0.05) is 0 Å². The largest absolute Gasteiger partial charge is 0.254 e. The number of alkyl halides is 3. The predicted molar refractivity (Wildman–Crippen MR) is 30.3 cm³/mol. The zero-order valence-corrected chi connectivity index (χ0v) is 5.30. The minimum Gasteiger partial charge on any atom is -0.254 e. The summed E-state index contributed by atoms with van der Waals surface area (Å²) in [6, 6.07) is 0. The number of rotatable bonds is 0. The molecular formula is C4H6F3NS. The van der Waals surface area contributed by atoms with Crippen molar-refractivity contribution < 1.29 is 13.2 Å². The molecule has 0 saturated carbocycles. The molecule has 0 bridgehead atoms. The number of halogens is 3. The van der Waals surface area contributed by atoms with Gasteiger partial charge in [-0.2, -0.15) is 0 Å². The van der Waals surface area contributed by atoms with Gasteiger partial charge >= 0.3 is 0 Å². The van der Waals surface area contributed by atoms with Crippen molar-refractivity contribution in [1.82, 2.24) is 5.32 Å². The van der Waals surface area contributed by atoms with Gasteiger partial charge in [0.05, 0.1) is 0 Å². The quantitative estimate of drug-likeness (QED) is 0.530. The summed E-state index contributed by atoms with van der Waals surface area (Å²) in [4.78, 5) is 0. The summed E-state index contributed by atoms with van der Waals surface area (Å²) in [6.45, 7) is 0. The lowest BCUT2D eigenvalue weighted by atomic mass is 10.5. The molecule has 0 amide bonds. The van der Waals surface area contributed by atoms with Gasteiger partial charge in [-0.25, -0.2) is 13.2 Å². The maximum absolute atomic E-state index is 12.1. The first kappa shape index (κ1) is 7.21. The Kier molecular flexibility index (Phi) is 2.23. The summed E-state index contributed by atoms with van der Waals surface area (Å²) in [7, 11) is 0. The van der Waals surface area contributed by atoms with Gasteiger partial charge in [0.25, 0.3) is 0 Å². The van der Waals surface area contributed by atoms with E-state index in [9.17, 15) is 13.2 Å². The molecule has 9 heavy (non-hydrogen) atoms. The average molecular weight is 157 g/mol. The number of thioether (sulfide) groups is 1. The zero-order chi connectivity index (χ0) is 6.85. The van der Waals surface area contributed by atoms with E-state index in [-0.39, 0.29) is 5.75 Å². The van der Waals surface area contributed by atoms with E-state index in [1.54, 1.807) is 5.32 Å². The van der Waals surface area contributed by atoms with Crippen molar-refractivity contribution in [2.75, 3.05) is 5.75 Å². The lowest BCUT2D eigenvalue weighted by Gasteiger charge is -2.22. The molecule has 3 atom stereocenters. The molecule has 0 aromatic heterocycles. The van der Waals surface area contributed by atoms with E-state index in [1.807, 2.05) is 0 Å². The molecule has 1 N–H and O–H groups in total. The lowest BCUT2D eigenvalue weighted by molar-refractivity contribution is 0.129. The minimum absolute atomic E-state index is 0.0123. The highest BCUT2D eigenvalue weighted by Gasteiger charge is 2.29. The molecule has 0 aromatic carbocycles. The van der Waals surface area contributed by atoms with E-state index in [0.717, 1.165) is 0 Å². The van der Waals surface area contributed by atoms with Gasteiger partial charge in [0, 0.05) is 5.75 Å². The van der Waals surface area contributed by atoms with E-state index < -0.39 is 18.1 Å². The summed E-state index contributed by atoms with van der Waals surface area (Å²) in [5.74, 6) is -0.0123. The molecule has 0 aliphatic carbocycles. The first-order valence-electron chi connectivity index (χ1n) is 2.50. The molecule has 54 valence electrons. The van der Waals surface area contributed by atoms with Crippen LogP contribution in [-0.4, -0.2) is 23.8 Å². The summed E-state index contributed by atoms with van der Waals surface area (Å²) in [5.41, 5.74) is -1.61. The maximum Gasteiger partial charge on any atom is 0.194 e. The van der Waals surface area contributed by atoms with Gasteiger partial charge in [-0.15, -0.1) is 11.8 Å². The third-order valence-electron chi connectivity index (χ3n) is 0.972. The van der Waals surface area contributed by atoms with Crippen LogP contribution in [0.15, 0.2) is 0 Å². The van der Waals surface area contributed by atoms with Gasteiger partial charge in [0.1, 0.15) is 0 Å². The van der Waals surface area contributed by atoms with Crippen LogP contribution in [0.4, 0.5) is 13.2 Å².